The molecule has 8 heteroatoms. The van der Waals surface area contributed by atoms with Crippen molar-refractivity contribution in [2.24, 2.45) is 0 Å². The first-order chi connectivity index (χ1) is 17.1. The normalized spacial score (nSPS) is 12.0. The fourth-order valence-electron chi connectivity index (χ4n) is 3.89. The second-order valence-electron chi connectivity index (χ2n) is 8.83. The summed E-state index contributed by atoms with van der Waals surface area (Å²) >= 11 is 0. The van der Waals surface area contributed by atoms with Crippen molar-refractivity contribution in [3.63, 3.8) is 0 Å². The first-order valence-electron chi connectivity index (χ1n) is 11.8. The molecule has 3 aromatic carbocycles. The topological polar surface area (TPSA) is 86.8 Å². The lowest BCUT2D eigenvalue weighted by Gasteiger charge is -2.32. The molecular weight excluding hydrogens is 474 g/mol. The number of hydrogen-bond acceptors (Lipinski definition) is 4. The van der Waals surface area contributed by atoms with Gasteiger partial charge < -0.3 is 10.2 Å². The molecule has 1 unspecified atom stereocenters. The first-order valence-corrected chi connectivity index (χ1v) is 13.2. The zero-order chi connectivity index (χ0) is 26.5. The number of anilines is 1. The van der Waals surface area contributed by atoms with E-state index < -0.39 is 28.5 Å². The maximum absolute atomic E-state index is 13.8. The fraction of sp³-hybridized carbons (Fsp3) is 0.286. The molecule has 190 valence electrons. The van der Waals surface area contributed by atoms with E-state index in [-0.39, 0.29) is 17.3 Å². The summed E-state index contributed by atoms with van der Waals surface area (Å²) in [5.41, 5.74) is 4.16. The Bertz CT molecular complexity index is 1340. The third-order valence-electron chi connectivity index (χ3n) is 6.40. The smallest absolute Gasteiger partial charge is 0.264 e. The minimum Gasteiger partial charge on any atom is -0.357 e. The van der Waals surface area contributed by atoms with E-state index in [2.05, 4.69) is 5.32 Å². The number of nitrogens with one attached hydrogen (secondary N) is 1. The predicted molar refractivity (Wildman–Crippen MR) is 142 cm³/mol. The highest BCUT2D eigenvalue weighted by Gasteiger charge is 2.32. The van der Waals surface area contributed by atoms with E-state index in [9.17, 15) is 18.0 Å². The van der Waals surface area contributed by atoms with Crippen LogP contribution < -0.4 is 9.62 Å². The summed E-state index contributed by atoms with van der Waals surface area (Å²) in [6, 6.07) is 20.1. The third kappa shape index (κ3) is 5.94. The Labute approximate surface area is 213 Å². The Hall–Kier alpha value is -3.65. The van der Waals surface area contributed by atoms with Gasteiger partial charge in [-0.3, -0.25) is 13.9 Å². The molecule has 36 heavy (non-hydrogen) atoms. The van der Waals surface area contributed by atoms with E-state index in [1.54, 1.807) is 37.3 Å². The molecule has 3 aromatic rings. The molecule has 3 rings (SSSR count). The van der Waals surface area contributed by atoms with E-state index in [0.29, 0.717) is 5.69 Å². The molecule has 0 fully saturated rings. The number of amides is 2. The van der Waals surface area contributed by atoms with Crippen LogP contribution in [0, 0.1) is 20.8 Å². The van der Waals surface area contributed by atoms with Gasteiger partial charge in [0.1, 0.15) is 12.6 Å². The van der Waals surface area contributed by atoms with Gasteiger partial charge in [-0.2, -0.15) is 0 Å². The monoisotopic (exact) mass is 507 g/mol. The second kappa shape index (κ2) is 11.4. The van der Waals surface area contributed by atoms with Gasteiger partial charge in [0, 0.05) is 13.6 Å². The van der Waals surface area contributed by atoms with Gasteiger partial charge in [-0.15, -0.1) is 0 Å². The highest BCUT2D eigenvalue weighted by Crippen LogP contribution is 2.26. The van der Waals surface area contributed by atoms with Crippen LogP contribution in [0.2, 0.25) is 0 Å². The van der Waals surface area contributed by atoms with Crippen LogP contribution in [-0.4, -0.2) is 44.8 Å². The lowest BCUT2D eigenvalue weighted by Crippen LogP contribution is -2.50. The van der Waals surface area contributed by atoms with E-state index in [1.165, 1.54) is 24.1 Å². The SMILES string of the molecule is CNC(=O)C(C)N(Cc1ccccc1C)C(=O)CN(c1ccc(C)c(C)c1)S(=O)(=O)c1ccccc1. The van der Waals surface area contributed by atoms with Gasteiger partial charge >= 0.3 is 0 Å². The summed E-state index contributed by atoms with van der Waals surface area (Å²) < 4.78 is 28.6. The third-order valence-corrected chi connectivity index (χ3v) is 8.19. The summed E-state index contributed by atoms with van der Waals surface area (Å²) in [6.45, 7) is 7.13. The highest BCUT2D eigenvalue weighted by atomic mass is 32.2. The van der Waals surface area contributed by atoms with Crippen LogP contribution in [-0.2, 0) is 26.2 Å². The number of aryl methyl sites for hydroxylation is 3. The maximum Gasteiger partial charge on any atom is 0.264 e. The van der Waals surface area contributed by atoms with Crippen molar-refractivity contribution in [1.82, 2.24) is 10.2 Å². The number of sulfonamides is 1. The summed E-state index contributed by atoms with van der Waals surface area (Å²) in [5, 5.41) is 2.59. The summed E-state index contributed by atoms with van der Waals surface area (Å²) in [5.74, 6) is -0.812. The second-order valence-corrected chi connectivity index (χ2v) is 10.7. The number of carbonyl (C=O) groups is 2. The molecule has 0 saturated carbocycles. The molecule has 2 amide bonds. The van der Waals surface area contributed by atoms with Gasteiger partial charge in [0.15, 0.2) is 0 Å². The van der Waals surface area contributed by atoms with Crippen LogP contribution in [0.3, 0.4) is 0 Å². The maximum atomic E-state index is 13.8. The van der Waals surface area contributed by atoms with Crippen LogP contribution >= 0.6 is 0 Å². The molecule has 0 bridgehead atoms. The quantitative estimate of drug-likeness (QED) is 0.475. The van der Waals surface area contributed by atoms with Crippen molar-refractivity contribution in [3.8, 4) is 0 Å². The highest BCUT2D eigenvalue weighted by molar-refractivity contribution is 7.92. The zero-order valence-corrected chi connectivity index (χ0v) is 22.2. The Kier molecular flexibility index (Phi) is 8.53. The van der Waals surface area contributed by atoms with E-state index in [0.717, 1.165) is 26.6 Å². The van der Waals surface area contributed by atoms with Crippen molar-refractivity contribution < 1.29 is 18.0 Å². The van der Waals surface area contributed by atoms with Gasteiger partial charge in [0.2, 0.25) is 11.8 Å². The number of rotatable bonds is 9. The van der Waals surface area contributed by atoms with Crippen LogP contribution in [0.4, 0.5) is 5.69 Å². The van der Waals surface area contributed by atoms with Crippen LogP contribution in [0.1, 0.15) is 29.2 Å². The molecular formula is C28H33N3O4S. The molecule has 0 heterocycles. The average Bonchev–Trinajstić information content (AvgIpc) is 2.87. The fourth-order valence-corrected chi connectivity index (χ4v) is 5.32. The molecule has 0 aliphatic rings. The number of carbonyl (C=O) groups excluding carboxylic acids is 2. The van der Waals surface area contributed by atoms with Gasteiger partial charge in [0.25, 0.3) is 10.0 Å². The van der Waals surface area contributed by atoms with Crippen molar-refractivity contribution in [2.45, 2.75) is 45.2 Å². The molecule has 0 saturated heterocycles. The van der Waals surface area contributed by atoms with Gasteiger partial charge in [0.05, 0.1) is 10.6 Å². The number of benzene rings is 3. The minimum absolute atomic E-state index is 0.0841. The van der Waals surface area contributed by atoms with E-state index in [1.807, 2.05) is 51.1 Å². The minimum atomic E-state index is -4.06. The van der Waals surface area contributed by atoms with Crippen molar-refractivity contribution in [2.75, 3.05) is 17.9 Å². The molecule has 1 N–H and O–H groups in total. The Morgan fingerprint density at radius 2 is 1.50 bits per heavy atom. The average molecular weight is 508 g/mol. The first kappa shape index (κ1) is 26.9. The number of hydrogen-bond donors (Lipinski definition) is 1. The molecule has 0 aromatic heterocycles. The number of nitrogens with zero attached hydrogens (tertiary/aromatic N) is 2. The summed E-state index contributed by atoms with van der Waals surface area (Å²) in [4.78, 5) is 27.8. The lowest BCUT2D eigenvalue weighted by atomic mass is 10.1. The van der Waals surface area contributed by atoms with Gasteiger partial charge in [-0.05, 0) is 74.2 Å². The molecule has 0 aliphatic heterocycles. The summed E-state index contributed by atoms with van der Waals surface area (Å²) in [6.07, 6.45) is 0. The largest absolute Gasteiger partial charge is 0.357 e. The number of likely N-dealkylation sites (N-methyl/N-ethyl adjacent to an activating group) is 1. The molecule has 0 aliphatic carbocycles. The Morgan fingerprint density at radius 1 is 0.861 bits per heavy atom. The van der Waals surface area contributed by atoms with Crippen molar-refractivity contribution in [3.05, 3.63) is 95.1 Å². The molecule has 0 radical (unpaired) electrons. The van der Waals surface area contributed by atoms with Gasteiger partial charge in [-0.25, -0.2) is 8.42 Å². The van der Waals surface area contributed by atoms with Crippen molar-refractivity contribution >= 4 is 27.5 Å². The summed E-state index contributed by atoms with van der Waals surface area (Å²) in [7, 11) is -2.55. The molecule has 1 atom stereocenters. The standard InChI is InChI=1S/C28H33N3O4S/c1-20-15-16-25(17-22(20)3)31(36(34,35)26-13-7-6-8-14-26)19-27(32)30(23(4)28(33)29-5)18-24-12-10-9-11-21(24)2/h6-17,23H,18-19H2,1-5H3,(H,29,33). The lowest BCUT2D eigenvalue weighted by molar-refractivity contribution is -0.139. The van der Waals surface area contributed by atoms with Crippen LogP contribution in [0.25, 0.3) is 0 Å². The molecule has 0 spiro atoms. The van der Waals surface area contributed by atoms with Gasteiger partial charge in [-0.1, -0.05) is 48.5 Å². The van der Waals surface area contributed by atoms with E-state index >= 15 is 0 Å². The zero-order valence-electron chi connectivity index (χ0n) is 21.4. The predicted octanol–water partition coefficient (Wildman–Crippen LogP) is 3.97. The Morgan fingerprint density at radius 3 is 2.11 bits per heavy atom. The van der Waals surface area contributed by atoms with Crippen molar-refractivity contribution in [1.29, 1.82) is 0 Å². The van der Waals surface area contributed by atoms with Crippen LogP contribution in [0.15, 0.2) is 77.7 Å². The van der Waals surface area contributed by atoms with Crippen LogP contribution in [0.5, 0.6) is 0 Å². The molecule has 7 nitrogen and oxygen atoms in total. The Balaban J connectivity index is 2.06. The van der Waals surface area contributed by atoms with E-state index in [4.69, 9.17) is 0 Å².